The summed E-state index contributed by atoms with van der Waals surface area (Å²) in [6, 6.07) is 7.85. The summed E-state index contributed by atoms with van der Waals surface area (Å²) >= 11 is 1.28. The van der Waals surface area contributed by atoms with Crippen molar-refractivity contribution in [2.24, 2.45) is 0 Å². The highest BCUT2D eigenvalue weighted by atomic mass is 32.1. The molecule has 0 N–H and O–H groups in total. The van der Waals surface area contributed by atoms with Gasteiger partial charge < -0.3 is 24.6 Å². The molecular weight excluding hydrogens is 453 g/mol. The molecule has 3 heterocycles. The molecule has 2 aliphatic rings. The fourth-order valence-electron chi connectivity index (χ4n) is 3.83. The predicted molar refractivity (Wildman–Crippen MR) is 120 cm³/mol. The number of benzene rings is 1. The Hall–Kier alpha value is -3.02. The van der Waals surface area contributed by atoms with E-state index in [9.17, 15) is 24.0 Å². The summed E-state index contributed by atoms with van der Waals surface area (Å²) in [5, 5.41) is 14.3. The van der Waals surface area contributed by atoms with Crippen LogP contribution in [0.1, 0.15) is 22.5 Å². The van der Waals surface area contributed by atoms with E-state index in [4.69, 9.17) is 9.47 Å². The third-order valence-corrected chi connectivity index (χ3v) is 6.38. The van der Waals surface area contributed by atoms with Gasteiger partial charge in [0.15, 0.2) is 5.78 Å². The molecule has 2 aromatic rings. The zero-order valence-electron chi connectivity index (χ0n) is 17.8. The van der Waals surface area contributed by atoms with Gasteiger partial charge in [0, 0.05) is 32.5 Å². The Morgan fingerprint density at radius 3 is 2.70 bits per heavy atom. The molecule has 2 amide bonds. The van der Waals surface area contributed by atoms with Gasteiger partial charge in [-0.15, -0.1) is 11.3 Å². The average molecular weight is 477 g/mol. The van der Waals surface area contributed by atoms with Crippen molar-refractivity contribution in [1.29, 1.82) is 0 Å². The Morgan fingerprint density at radius 2 is 1.97 bits per heavy atom. The first-order chi connectivity index (χ1) is 15.9. The van der Waals surface area contributed by atoms with Crippen molar-refractivity contribution in [3.63, 3.8) is 0 Å². The molecule has 2 fully saturated rings. The zero-order valence-corrected chi connectivity index (χ0v) is 18.6. The maximum atomic E-state index is 14.7. The first-order valence-electron chi connectivity index (χ1n) is 10.6. The highest BCUT2D eigenvalue weighted by molar-refractivity contribution is 7.12. The second-order valence-corrected chi connectivity index (χ2v) is 8.63. The number of amides is 2. The van der Waals surface area contributed by atoms with Gasteiger partial charge in [0.1, 0.15) is 11.9 Å². The van der Waals surface area contributed by atoms with Gasteiger partial charge in [0.2, 0.25) is 5.91 Å². The number of nitrogens with zero attached hydrogens (tertiary/aromatic N) is 3. The number of halogens is 1. The minimum atomic E-state index is -0.868. The number of rotatable bonds is 8. The lowest BCUT2D eigenvalue weighted by Crippen LogP contribution is -2.39. The Kier molecular flexibility index (Phi) is 7.21. The Balaban J connectivity index is 1.37. The summed E-state index contributed by atoms with van der Waals surface area (Å²) < 4.78 is 25.3. The van der Waals surface area contributed by atoms with Crippen LogP contribution in [0.25, 0.3) is 0 Å². The van der Waals surface area contributed by atoms with Gasteiger partial charge in [-0.1, -0.05) is 12.1 Å². The van der Waals surface area contributed by atoms with Gasteiger partial charge in [-0.3, -0.25) is 14.5 Å². The van der Waals surface area contributed by atoms with Gasteiger partial charge in [0.05, 0.1) is 36.0 Å². The number of ether oxygens (including phenoxy) is 2. The minimum absolute atomic E-state index is 0.000226. The number of carbonyl (C=O) groups is 3. The molecule has 176 valence electrons. The van der Waals surface area contributed by atoms with Crippen molar-refractivity contribution in [2.45, 2.75) is 18.9 Å². The summed E-state index contributed by atoms with van der Waals surface area (Å²) in [6.07, 6.45) is -1.88. The monoisotopic (exact) mass is 476 g/mol. The number of thiophene rings is 1. The van der Waals surface area contributed by atoms with E-state index in [-0.39, 0.29) is 42.5 Å². The minimum Gasteiger partial charge on any atom is -0.756 e. The molecule has 2 aliphatic heterocycles. The maximum Gasteiger partial charge on any atom is 0.414 e. The lowest BCUT2D eigenvalue weighted by atomic mass is 10.2. The Labute approximate surface area is 193 Å². The fraction of sp³-hybridized carbons (Fsp3) is 0.409. The number of carbonyl (C=O) groups excluding carboxylic acids is 3. The van der Waals surface area contributed by atoms with Crippen LogP contribution in [0, 0.1) is 11.0 Å². The van der Waals surface area contributed by atoms with Crippen LogP contribution >= 0.6 is 11.3 Å². The number of para-hydroxylation sites is 1. The smallest absolute Gasteiger partial charge is 0.414 e. The number of anilines is 2. The molecule has 33 heavy (non-hydrogen) atoms. The van der Waals surface area contributed by atoms with Gasteiger partial charge in [0.25, 0.3) is 0 Å². The number of cyclic esters (lactones) is 1. The summed E-state index contributed by atoms with van der Waals surface area (Å²) in [5.41, 5.74) is 0.621. The number of hydrogen-bond donors (Lipinski definition) is 0. The normalized spacial score (nSPS) is 18.4. The first kappa shape index (κ1) is 23.1. The van der Waals surface area contributed by atoms with Crippen LogP contribution in [0.4, 0.5) is 20.6 Å². The molecule has 1 atom stereocenters. The molecular formula is C22H23FN3O6S-. The first-order valence-corrected chi connectivity index (χ1v) is 11.5. The van der Waals surface area contributed by atoms with E-state index < -0.39 is 23.9 Å². The predicted octanol–water partition coefficient (Wildman–Crippen LogP) is 3.04. The van der Waals surface area contributed by atoms with E-state index >= 15 is 0 Å². The SMILES string of the molecule is O=C(CCC(=O)N([O-])CC1CN(c2cccc(F)c2N2CCOCC2)C(=O)O1)c1cccs1. The van der Waals surface area contributed by atoms with Gasteiger partial charge in [-0.2, -0.15) is 0 Å². The Morgan fingerprint density at radius 1 is 1.18 bits per heavy atom. The van der Waals surface area contributed by atoms with E-state index in [1.165, 1.54) is 28.4 Å². The molecule has 11 heteroatoms. The quantitative estimate of drug-likeness (QED) is 0.426. The van der Waals surface area contributed by atoms with Crippen molar-refractivity contribution >= 4 is 40.5 Å². The lowest BCUT2D eigenvalue weighted by Gasteiger charge is -2.32. The van der Waals surface area contributed by atoms with E-state index in [1.807, 2.05) is 4.90 Å². The molecule has 4 rings (SSSR count). The van der Waals surface area contributed by atoms with Crippen LogP contribution in [0.2, 0.25) is 0 Å². The van der Waals surface area contributed by atoms with E-state index in [0.717, 1.165) is 0 Å². The molecule has 9 nitrogen and oxygen atoms in total. The largest absolute Gasteiger partial charge is 0.756 e. The maximum absolute atomic E-state index is 14.7. The van der Waals surface area contributed by atoms with Crippen molar-refractivity contribution in [2.75, 3.05) is 49.2 Å². The van der Waals surface area contributed by atoms with Crippen LogP contribution in [0.5, 0.6) is 0 Å². The number of morpholine rings is 1. The number of ketones is 1. The van der Waals surface area contributed by atoms with E-state index in [0.29, 0.717) is 36.9 Å². The Bertz CT molecular complexity index is 1010. The second kappa shape index (κ2) is 10.3. The van der Waals surface area contributed by atoms with Crippen LogP contribution in [0.3, 0.4) is 0 Å². The highest BCUT2D eigenvalue weighted by Crippen LogP contribution is 2.35. The fourth-order valence-corrected chi connectivity index (χ4v) is 4.52. The summed E-state index contributed by atoms with van der Waals surface area (Å²) in [7, 11) is 0. The highest BCUT2D eigenvalue weighted by Gasteiger charge is 2.36. The van der Waals surface area contributed by atoms with Gasteiger partial charge in [-0.25, -0.2) is 9.18 Å². The van der Waals surface area contributed by atoms with Gasteiger partial charge >= 0.3 is 6.09 Å². The molecule has 1 aromatic carbocycles. The van der Waals surface area contributed by atoms with Crippen LogP contribution in [0.15, 0.2) is 35.7 Å². The van der Waals surface area contributed by atoms with E-state index in [2.05, 4.69) is 0 Å². The third kappa shape index (κ3) is 5.32. The topological polar surface area (TPSA) is 102 Å². The van der Waals surface area contributed by atoms with Crippen molar-refractivity contribution in [1.82, 2.24) is 5.06 Å². The van der Waals surface area contributed by atoms with Crippen LogP contribution in [-0.2, 0) is 14.3 Å². The number of hydrogen-bond acceptors (Lipinski definition) is 8. The number of Topliss-reactive ketones (excluding diaryl/α,β-unsaturated/α-hetero) is 1. The van der Waals surface area contributed by atoms with Crippen molar-refractivity contribution in [3.05, 3.63) is 51.6 Å². The molecule has 2 saturated heterocycles. The zero-order chi connectivity index (χ0) is 23.4. The third-order valence-electron chi connectivity index (χ3n) is 5.47. The molecule has 0 radical (unpaired) electrons. The van der Waals surface area contributed by atoms with Gasteiger partial charge in [-0.05, 0) is 23.6 Å². The van der Waals surface area contributed by atoms with Crippen LogP contribution < -0.4 is 9.80 Å². The average Bonchev–Trinajstić information content (AvgIpc) is 3.47. The van der Waals surface area contributed by atoms with Crippen LogP contribution in [-0.4, -0.2) is 68.3 Å². The summed E-state index contributed by atoms with van der Waals surface area (Å²) in [5.74, 6) is -1.43. The standard InChI is InChI=1S/C22H23FN3O6S/c23-16-3-1-4-17(21(16)24-8-10-31-11-9-24)25-13-15(32-22(25)29)14-26(30)20(28)7-6-18(27)19-5-2-12-33-19/h1-5,12,15H,6-11,13-14H2/q-1. The molecule has 0 saturated carbocycles. The van der Waals surface area contributed by atoms with Crippen molar-refractivity contribution in [3.8, 4) is 0 Å². The molecule has 1 aromatic heterocycles. The second-order valence-electron chi connectivity index (χ2n) is 7.68. The summed E-state index contributed by atoms with van der Waals surface area (Å²) in [4.78, 5) is 40.4. The van der Waals surface area contributed by atoms with Crippen molar-refractivity contribution < 1.29 is 28.2 Å². The van der Waals surface area contributed by atoms with E-state index in [1.54, 1.807) is 23.6 Å². The molecule has 0 aliphatic carbocycles. The molecule has 1 unspecified atom stereocenters. The molecule has 0 spiro atoms. The summed E-state index contributed by atoms with van der Waals surface area (Å²) in [6.45, 7) is 1.49. The number of hydroxylamine groups is 2. The molecule has 0 bridgehead atoms. The lowest BCUT2D eigenvalue weighted by molar-refractivity contribution is -0.129.